The second-order valence-corrected chi connectivity index (χ2v) is 6.40. The number of hydrogen-bond acceptors (Lipinski definition) is 5. The molecule has 26 heavy (non-hydrogen) atoms. The summed E-state index contributed by atoms with van der Waals surface area (Å²) in [6, 6.07) is 9.28. The van der Waals surface area contributed by atoms with Crippen LogP contribution in [0.3, 0.4) is 0 Å². The number of ether oxygens (including phenoxy) is 2. The Kier molecular flexibility index (Phi) is 6.01. The first-order valence-corrected chi connectivity index (χ1v) is 8.73. The van der Waals surface area contributed by atoms with E-state index in [4.69, 9.17) is 9.47 Å². The van der Waals surface area contributed by atoms with Gasteiger partial charge in [-0.05, 0) is 25.0 Å². The summed E-state index contributed by atoms with van der Waals surface area (Å²) in [5.74, 6) is 0.938. The molecule has 0 bridgehead atoms. The second-order valence-electron chi connectivity index (χ2n) is 6.40. The van der Waals surface area contributed by atoms with Crippen molar-refractivity contribution >= 4 is 5.91 Å². The molecule has 1 fully saturated rings. The number of nitrogens with zero attached hydrogens (tertiary/aromatic N) is 1. The van der Waals surface area contributed by atoms with Crippen LogP contribution in [-0.4, -0.2) is 35.6 Å². The van der Waals surface area contributed by atoms with Crippen molar-refractivity contribution in [1.82, 2.24) is 15.3 Å². The van der Waals surface area contributed by atoms with Crippen LogP contribution in [0.4, 0.5) is 0 Å². The zero-order chi connectivity index (χ0) is 18.4. The summed E-state index contributed by atoms with van der Waals surface area (Å²) in [6.45, 7) is 0.731. The van der Waals surface area contributed by atoms with Crippen molar-refractivity contribution in [3.05, 3.63) is 58.3 Å². The van der Waals surface area contributed by atoms with Gasteiger partial charge >= 0.3 is 0 Å². The molecule has 1 aliphatic carbocycles. The number of hydrogen-bond donors (Lipinski definition) is 2. The van der Waals surface area contributed by atoms with Gasteiger partial charge in [-0.3, -0.25) is 9.59 Å². The van der Waals surface area contributed by atoms with E-state index in [0.29, 0.717) is 18.2 Å². The lowest BCUT2D eigenvalue weighted by Gasteiger charge is -2.20. The maximum atomic E-state index is 12.4. The summed E-state index contributed by atoms with van der Waals surface area (Å²) in [7, 11) is 1.65. The summed E-state index contributed by atoms with van der Waals surface area (Å²) in [5, 5.41) is 2.94. The third-order valence-electron chi connectivity index (χ3n) is 4.57. The standard InChI is InChI=1S/C19H23N3O4/c1-25-11-13-6-5-9-16(13)21-18(23)15-10-20-17(22-19(15)24)12-26-14-7-3-2-4-8-14/h2-4,7-8,10,13,16H,5-6,9,11-12H2,1H3,(H,21,23)(H,20,22,24)/t13-,16-/m1/s1. The van der Waals surface area contributed by atoms with E-state index in [1.807, 2.05) is 30.3 Å². The molecule has 1 aromatic heterocycles. The first kappa shape index (κ1) is 18.1. The molecule has 7 heteroatoms. The highest BCUT2D eigenvalue weighted by atomic mass is 16.5. The molecule has 0 aliphatic heterocycles. The fourth-order valence-electron chi connectivity index (χ4n) is 3.22. The van der Waals surface area contributed by atoms with Gasteiger partial charge in [0.15, 0.2) is 0 Å². The molecule has 2 N–H and O–H groups in total. The van der Waals surface area contributed by atoms with Gasteiger partial charge in [-0.1, -0.05) is 24.6 Å². The molecule has 1 aromatic carbocycles. The van der Waals surface area contributed by atoms with Crippen LogP contribution in [0.25, 0.3) is 0 Å². The van der Waals surface area contributed by atoms with Crippen molar-refractivity contribution in [3.63, 3.8) is 0 Å². The summed E-state index contributed by atoms with van der Waals surface area (Å²) in [4.78, 5) is 31.4. The van der Waals surface area contributed by atoms with E-state index in [9.17, 15) is 9.59 Å². The van der Waals surface area contributed by atoms with Gasteiger partial charge in [0.25, 0.3) is 11.5 Å². The van der Waals surface area contributed by atoms with Gasteiger partial charge in [-0.25, -0.2) is 4.98 Å². The Bertz CT molecular complexity index is 791. The molecule has 0 saturated heterocycles. The van der Waals surface area contributed by atoms with Crippen molar-refractivity contribution in [2.75, 3.05) is 13.7 Å². The Morgan fingerprint density at radius 3 is 2.85 bits per heavy atom. The normalized spacial score (nSPS) is 19.3. The van der Waals surface area contributed by atoms with Crippen molar-refractivity contribution in [1.29, 1.82) is 0 Å². The molecule has 0 unspecified atom stereocenters. The molecule has 138 valence electrons. The highest BCUT2D eigenvalue weighted by Gasteiger charge is 2.29. The van der Waals surface area contributed by atoms with Crippen molar-refractivity contribution in [2.45, 2.75) is 31.9 Å². The maximum absolute atomic E-state index is 12.4. The summed E-state index contributed by atoms with van der Waals surface area (Å²) >= 11 is 0. The fraction of sp³-hybridized carbons (Fsp3) is 0.421. The van der Waals surface area contributed by atoms with Gasteiger partial charge in [-0.15, -0.1) is 0 Å². The number of H-pyrrole nitrogens is 1. The number of para-hydroxylation sites is 1. The molecule has 1 amide bonds. The summed E-state index contributed by atoms with van der Waals surface area (Å²) < 4.78 is 10.7. The number of aromatic amines is 1. The first-order valence-electron chi connectivity index (χ1n) is 8.73. The smallest absolute Gasteiger partial charge is 0.263 e. The Balaban J connectivity index is 1.61. The molecule has 7 nitrogen and oxygen atoms in total. The monoisotopic (exact) mass is 357 g/mol. The lowest BCUT2D eigenvalue weighted by molar-refractivity contribution is 0.0896. The van der Waals surface area contributed by atoms with Gasteiger partial charge in [-0.2, -0.15) is 0 Å². The number of rotatable bonds is 7. The largest absolute Gasteiger partial charge is 0.486 e. The number of carbonyl (C=O) groups is 1. The van der Waals surface area contributed by atoms with Crippen molar-refractivity contribution in [2.24, 2.45) is 5.92 Å². The van der Waals surface area contributed by atoms with E-state index in [-0.39, 0.29) is 24.1 Å². The molecule has 1 saturated carbocycles. The minimum atomic E-state index is -0.467. The minimum Gasteiger partial charge on any atom is -0.486 e. The molecular weight excluding hydrogens is 334 g/mol. The van der Waals surface area contributed by atoms with E-state index in [1.54, 1.807) is 7.11 Å². The van der Waals surface area contributed by atoms with E-state index in [0.717, 1.165) is 19.3 Å². The quantitative estimate of drug-likeness (QED) is 0.789. The van der Waals surface area contributed by atoms with Gasteiger partial charge in [0.2, 0.25) is 0 Å². The van der Waals surface area contributed by atoms with Crippen LogP contribution in [0.5, 0.6) is 5.75 Å². The highest BCUT2D eigenvalue weighted by Crippen LogP contribution is 2.25. The van der Waals surface area contributed by atoms with E-state index in [2.05, 4.69) is 15.3 Å². The molecule has 0 spiro atoms. The van der Waals surface area contributed by atoms with E-state index >= 15 is 0 Å². The van der Waals surface area contributed by atoms with E-state index < -0.39 is 11.5 Å². The van der Waals surface area contributed by atoms with Crippen LogP contribution in [0, 0.1) is 5.92 Å². The van der Waals surface area contributed by atoms with Crippen LogP contribution in [0.1, 0.15) is 35.4 Å². The Morgan fingerprint density at radius 2 is 2.12 bits per heavy atom. The SMILES string of the molecule is COC[C@H]1CCC[C@H]1NC(=O)c1cnc(COc2ccccc2)[nH]c1=O. The second kappa shape index (κ2) is 8.62. The average molecular weight is 357 g/mol. The topological polar surface area (TPSA) is 93.3 Å². The van der Waals surface area contributed by atoms with Gasteiger partial charge < -0.3 is 19.8 Å². The van der Waals surface area contributed by atoms with Crippen LogP contribution >= 0.6 is 0 Å². The number of carbonyl (C=O) groups excluding carboxylic acids is 1. The lowest BCUT2D eigenvalue weighted by Crippen LogP contribution is -2.41. The Labute approximate surface area is 151 Å². The van der Waals surface area contributed by atoms with Crippen LogP contribution < -0.4 is 15.6 Å². The van der Waals surface area contributed by atoms with E-state index in [1.165, 1.54) is 6.20 Å². The molecule has 2 atom stereocenters. The van der Waals surface area contributed by atoms with Crippen molar-refractivity contribution < 1.29 is 14.3 Å². The Hall–Kier alpha value is -2.67. The predicted octanol–water partition coefficient (Wildman–Crippen LogP) is 1.89. The average Bonchev–Trinajstić information content (AvgIpc) is 3.08. The summed E-state index contributed by atoms with van der Waals surface area (Å²) in [5.41, 5.74) is -0.457. The molecule has 1 aliphatic rings. The van der Waals surface area contributed by atoms with Gasteiger partial charge in [0, 0.05) is 25.3 Å². The molecular formula is C19H23N3O4. The predicted molar refractivity (Wildman–Crippen MR) is 96.1 cm³/mol. The summed E-state index contributed by atoms with van der Waals surface area (Å²) in [6.07, 6.45) is 4.26. The third-order valence-corrected chi connectivity index (χ3v) is 4.57. The van der Waals surface area contributed by atoms with Crippen molar-refractivity contribution in [3.8, 4) is 5.75 Å². The molecule has 3 rings (SSSR count). The zero-order valence-corrected chi connectivity index (χ0v) is 14.7. The van der Waals surface area contributed by atoms with Crippen LogP contribution in [-0.2, 0) is 11.3 Å². The fourth-order valence-corrected chi connectivity index (χ4v) is 3.22. The lowest BCUT2D eigenvalue weighted by atomic mass is 10.0. The van der Waals surface area contributed by atoms with Gasteiger partial charge in [0.1, 0.15) is 23.7 Å². The number of methoxy groups -OCH3 is 1. The molecule has 1 heterocycles. The number of aromatic nitrogens is 2. The number of nitrogens with one attached hydrogen (secondary N) is 2. The first-order chi connectivity index (χ1) is 12.7. The van der Waals surface area contributed by atoms with Crippen LogP contribution in [0.15, 0.2) is 41.3 Å². The third kappa shape index (κ3) is 4.49. The molecule has 0 radical (unpaired) electrons. The zero-order valence-electron chi connectivity index (χ0n) is 14.7. The molecule has 2 aromatic rings. The minimum absolute atomic E-state index is 0.0107. The number of benzene rings is 1. The Morgan fingerprint density at radius 1 is 1.31 bits per heavy atom. The van der Waals surface area contributed by atoms with Gasteiger partial charge in [0.05, 0.1) is 6.61 Å². The van der Waals surface area contributed by atoms with Crippen LogP contribution in [0.2, 0.25) is 0 Å². The maximum Gasteiger partial charge on any atom is 0.263 e. The highest BCUT2D eigenvalue weighted by molar-refractivity contribution is 5.93. The number of amides is 1.